The van der Waals surface area contributed by atoms with Gasteiger partial charge in [-0.1, -0.05) is 6.07 Å². The van der Waals surface area contributed by atoms with E-state index in [9.17, 15) is 9.90 Å². The van der Waals surface area contributed by atoms with E-state index in [1.54, 1.807) is 20.3 Å². The number of rotatable bonds is 6. The van der Waals surface area contributed by atoms with E-state index in [-0.39, 0.29) is 0 Å². The van der Waals surface area contributed by atoms with Crippen LogP contribution in [0, 0.1) is 0 Å². The maximum absolute atomic E-state index is 11.5. The second kappa shape index (κ2) is 6.61. The van der Waals surface area contributed by atoms with Gasteiger partial charge in [-0.05, 0) is 37.6 Å². The van der Waals surface area contributed by atoms with Gasteiger partial charge in [-0.2, -0.15) is 0 Å². The number of benzene rings is 1. The van der Waals surface area contributed by atoms with Crippen molar-refractivity contribution in [1.82, 2.24) is 4.90 Å². The molecule has 1 aromatic rings. The average molecular weight is 279 g/mol. The summed E-state index contributed by atoms with van der Waals surface area (Å²) in [5.74, 6) is 0.609. The normalized spacial score (nSPS) is 16.9. The summed E-state index contributed by atoms with van der Waals surface area (Å²) in [6, 6.07) is 5.02. The Balaban J connectivity index is 2.19. The van der Waals surface area contributed by atoms with Gasteiger partial charge < -0.3 is 14.6 Å². The van der Waals surface area contributed by atoms with E-state index in [1.807, 2.05) is 17.0 Å². The zero-order valence-electron chi connectivity index (χ0n) is 12.0. The summed E-state index contributed by atoms with van der Waals surface area (Å²) < 4.78 is 10.5. The Morgan fingerprint density at radius 1 is 1.30 bits per heavy atom. The molecule has 0 saturated carbocycles. The van der Waals surface area contributed by atoms with E-state index in [0.717, 1.165) is 31.5 Å². The number of likely N-dealkylation sites (tertiary alicyclic amines) is 1. The van der Waals surface area contributed by atoms with E-state index in [2.05, 4.69) is 0 Å². The summed E-state index contributed by atoms with van der Waals surface area (Å²) in [5, 5.41) is 9.45. The maximum atomic E-state index is 11.5. The van der Waals surface area contributed by atoms with Gasteiger partial charge in [-0.25, -0.2) is 0 Å². The van der Waals surface area contributed by atoms with Gasteiger partial charge in [0.25, 0.3) is 0 Å². The van der Waals surface area contributed by atoms with Crippen LogP contribution in [-0.4, -0.2) is 49.3 Å². The molecule has 1 atom stereocenters. The lowest BCUT2D eigenvalue weighted by Gasteiger charge is -2.24. The molecular weight excluding hydrogens is 258 g/mol. The summed E-state index contributed by atoms with van der Waals surface area (Å²) in [7, 11) is 3.18. The zero-order chi connectivity index (χ0) is 14.5. The summed E-state index contributed by atoms with van der Waals surface area (Å²) in [4.78, 5) is 13.5. The van der Waals surface area contributed by atoms with Gasteiger partial charge in [0, 0.05) is 12.5 Å². The number of hydrogen-bond acceptors (Lipinski definition) is 4. The van der Waals surface area contributed by atoms with E-state index in [4.69, 9.17) is 9.47 Å². The van der Waals surface area contributed by atoms with Crippen molar-refractivity contribution in [1.29, 1.82) is 0 Å². The fourth-order valence-corrected chi connectivity index (χ4v) is 2.65. The number of carboxylic acid groups (broad SMARTS) is 1. The molecule has 1 aliphatic heterocycles. The molecule has 1 aliphatic rings. The first kappa shape index (κ1) is 14.7. The lowest BCUT2D eigenvalue weighted by atomic mass is 10.0. The van der Waals surface area contributed by atoms with Crippen molar-refractivity contribution in [2.24, 2.45) is 0 Å². The molecule has 110 valence electrons. The monoisotopic (exact) mass is 279 g/mol. The molecule has 1 saturated heterocycles. The molecule has 20 heavy (non-hydrogen) atoms. The Morgan fingerprint density at radius 2 is 2.00 bits per heavy atom. The molecule has 1 fully saturated rings. The van der Waals surface area contributed by atoms with Crippen LogP contribution in [0.5, 0.6) is 11.5 Å². The first-order chi connectivity index (χ1) is 9.65. The molecule has 0 spiro atoms. The third kappa shape index (κ3) is 3.22. The zero-order valence-corrected chi connectivity index (χ0v) is 12.0. The lowest BCUT2D eigenvalue weighted by Crippen LogP contribution is -2.40. The van der Waals surface area contributed by atoms with Crippen molar-refractivity contribution >= 4 is 5.97 Å². The summed E-state index contributed by atoms with van der Waals surface area (Å²) >= 11 is 0. The summed E-state index contributed by atoms with van der Waals surface area (Å²) in [6.07, 6.45) is 2.59. The topological polar surface area (TPSA) is 59.0 Å². The Morgan fingerprint density at radius 3 is 2.55 bits per heavy atom. The summed E-state index contributed by atoms with van der Waals surface area (Å²) in [5.41, 5.74) is 0.896. The number of carboxylic acids is 1. The third-order valence-corrected chi connectivity index (χ3v) is 3.77. The number of hydrogen-bond donors (Lipinski definition) is 1. The van der Waals surface area contributed by atoms with Gasteiger partial charge in [0.1, 0.15) is 17.5 Å². The highest BCUT2D eigenvalue weighted by molar-refractivity contribution is 5.74. The first-order valence-electron chi connectivity index (χ1n) is 6.83. The van der Waals surface area contributed by atoms with Crippen LogP contribution in [0.15, 0.2) is 18.2 Å². The lowest BCUT2D eigenvalue weighted by molar-refractivity contribution is -0.142. The van der Waals surface area contributed by atoms with Gasteiger partial charge >= 0.3 is 5.97 Å². The SMILES string of the molecule is COc1ccc(C[C@H](C(=O)O)N2CCCC2)c(OC)c1. The molecule has 5 heteroatoms. The van der Waals surface area contributed by atoms with Gasteiger partial charge in [0.15, 0.2) is 0 Å². The molecule has 2 rings (SSSR count). The molecule has 1 aromatic carbocycles. The molecule has 0 radical (unpaired) electrons. The van der Waals surface area contributed by atoms with Gasteiger partial charge in [0.05, 0.1) is 14.2 Å². The molecule has 0 aromatic heterocycles. The van der Waals surface area contributed by atoms with Crippen LogP contribution in [0.3, 0.4) is 0 Å². The van der Waals surface area contributed by atoms with E-state index in [1.165, 1.54) is 0 Å². The highest BCUT2D eigenvalue weighted by atomic mass is 16.5. The van der Waals surface area contributed by atoms with Crippen molar-refractivity contribution in [2.75, 3.05) is 27.3 Å². The van der Waals surface area contributed by atoms with Crippen LogP contribution in [0.25, 0.3) is 0 Å². The summed E-state index contributed by atoms with van der Waals surface area (Å²) in [6.45, 7) is 1.71. The largest absolute Gasteiger partial charge is 0.497 e. The highest BCUT2D eigenvalue weighted by Crippen LogP contribution is 2.27. The molecule has 0 bridgehead atoms. The van der Waals surface area contributed by atoms with Crippen LogP contribution in [0.1, 0.15) is 18.4 Å². The Hall–Kier alpha value is -1.75. The first-order valence-corrected chi connectivity index (χ1v) is 6.83. The predicted molar refractivity (Wildman–Crippen MR) is 75.5 cm³/mol. The smallest absolute Gasteiger partial charge is 0.321 e. The average Bonchev–Trinajstić information content (AvgIpc) is 2.98. The van der Waals surface area contributed by atoms with Crippen molar-refractivity contribution in [3.8, 4) is 11.5 Å². The van der Waals surface area contributed by atoms with Crippen LogP contribution < -0.4 is 9.47 Å². The van der Waals surface area contributed by atoms with Crippen LogP contribution in [-0.2, 0) is 11.2 Å². The Bertz CT molecular complexity index is 469. The van der Waals surface area contributed by atoms with Crippen LogP contribution in [0.4, 0.5) is 0 Å². The number of methoxy groups -OCH3 is 2. The highest BCUT2D eigenvalue weighted by Gasteiger charge is 2.28. The molecule has 0 aliphatic carbocycles. The number of aliphatic carboxylic acids is 1. The van der Waals surface area contributed by atoms with E-state index >= 15 is 0 Å². The second-order valence-electron chi connectivity index (χ2n) is 4.98. The van der Waals surface area contributed by atoms with Gasteiger partial charge in [-0.15, -0.1) is 0 Å². The van der Waals surface area contributed by atoms with Crippen molar-refractivity contribution in [3.63, 3.8) is 0 Å². The van der Waals surface area contributed by atoms with Gasteiger partial charge in [-0.3, -0.25) is 9.69 Å². The fraction of sp³-hybridized carbons (Fsp3) is 0.533. The standard InChI is InChI=1S/C15H21NO4/c1-19-12-6-5-11(14(10-12)20-2)9-13(15(17)18)16-7-3-4-8-16/h5-6,10,13H,3-4,7-9H2,1-2H3,(H,17,18)/t13-/m1/s1. The Labute approximate surface area is 119 Å². The number of ether oxygens (including phenoxy) is 2. The fourth-order valence-electron chi connectivity index (χ4n) is 2.65. The number of nitrogens with zero attached hydrogens (tertiary/aromatic N) is 1. The Kier molecular flexibility index (Phi) is 4.84. The van der Waals surface area contributed by atoms with Crippen LogP contribution in [0.2, 0.25) is 0 Å². The minimum absolute atomic E-state index is 0.447. The maximum Gasteiger partial charge on any atom is 0.321 e. The third-order valence-electron chi connectivity index (χ3n) is 3.77. The van der Waals surface area contributed by atoms with E-state index < -0.39 is 12.0 Å². The van der Waals surface area contributed by atoms with Crippen molar-refractivity contribution in [2.45, 2.75) is 25.3 Å². The van der Waals surface area contributed by atoms with Crippen molar-refractivity contribution < 1.29 is 19.4 Å². The quantitative estimate of drug-likeness (QED) is 0.860. The minimum Gasteiger partial charge on any atom is -0.497 e. The molecular formula is C15H21NO4. The molecule has 0 amide bonds. The molecule has 0 unspecified atom stereocenters. The van der Waals surface area contributed by atoms with E-state index in [0.29, 0.717) is 17.9 Å². The van der Waals surface area contributed by atoms with Crippen LogP contribution >= 0.6 is 0 Å². The molecule has 5 nitrogen and oxygen atoms in total. The number of carbonyl (C=O) groups is 1. The van der Waals surface area contributed by atoms with Gasteiger partial charge in [0.2, 0.25) is 0 Å². The minimum atomic E-state index is -0.773. The second-order valence-corrected chi connectivity index (χ2v) is 4.98. The molecule has 1 heterocycles. The predicted octanol–water partition coefficient (Wildman–Crippen LogP) is 1.80. The molecule has 1 N–H and O–H groups in total. The van der Waals surface area contributed by atoms with Crippen molar-refractivity contribution in [3.05, 3.63) is 23.8 Å².